The van der Waals surface area contributed by atoms with E-state index in [1.165, 1.54) is 22.1 Å². The number of carbonyl (C=O) groups is 1. The topological polar surface area (TPSA) is 53.4 Å². The summed E-state index contributed by atoms with van der Waals surface area (Å²) in [5.74, 6) is 1.92. The van der Waals surface area contributed by atoms with Gasteiger partial charge in [-0.15, -0.1) is 0 Å². The molecule has 0 saturated heterocycles. The van der Waals surface area contributed by atoms with E-state index in [0.29, 0.717) is 12.6 Å². The van der Waals surface area contributed by atoms with E-state index in [1.54, 1.807) is 6.92 Å². The molecular weight excluding hydrogens is 603 g/mol. The molecule has 2 aromatic carbocycles. The molecule has 0 fully saturated rings. The molecule has 0 radical (unpaired) electrons. The Labute approximate surface area is 242 Å². The van der Waals surface area contributed by atoms with E-state index in [2.05, 4.69) is 96.6 Å². The Morgan fingerprint density at radius 1 is 0.902 bits per heavy atom. The first-order valence-corrected chi connectivity index (χ1v) is 18.3. The summed E-state index contributed by atoms with van der Waals surface area (Å²) >= 11 is 1.41. The van der Waals surface area contributed by atoms with Crippen molar-refractivity contribution in [2.75, 3.05) is 25.4 Å². The number of benzene rings is 2. The zero-order valence-corrected chi connectivity index (χ0v) is 26.3. The van der Waals surface area contributed by atoms with Crippen LogP contribution in [0.3, 0.4) is 0 Å². The van der Waals surface area contributed by atoms with E-state index >= 15 is 0 Å². The van der Waals surface area contributed by atoms with Crippen LogP contribution in [0.1, 0.15) is 40.5 Å². The molecule has 2 heterocycles. The fourth-order valence-corrected chi connectivity index (χ4v) is 10.5. The minimum absolute atomic E-state index is 0.0261. The van der Waals surface area contributed by atoms with Crippen LogP contribution in [0.15, 0.2) is 60.7 Å². The Morgan fingerprint density at radius 3 is 1.78 bits per heavy atom. The fraction of sp³-hybridized carbons (Fsp3) is 0.481. The summed E-state index contributed by atoms with van der Waals surface area (Å²) in [5, 5.41) is 10.2. The number of halogens is 6. The molecule has 230 valence electrons. The van der Waals surface area contributed by atoms with Crippen molar-refractivity contribution < 1.29 is 39.0 Å². The van der Waals surface area contributed by atoms with E-state index in [9.17, 15) is 30.0 Å². The van der Waals surface area contributed by atoms with E-state index in [1.807, 2.05) is 0 Å². The fourth-order valence-electron chi connectivity index (χ4n) is 5.17. The Balaban J connectivity index is 0.000000587. The third-order valence-corrected chi connectivity index (χ3v) is 12.9. The molecule has 2 aliphatic heterocycles. The summed E-state index contributed by atoms with van der Waals surface area (Å²) in [4.78, 5) is 11.4. The first-order chi connectivity index (χ1) is 18.7. The zero-order chi connectivity index (χ0) is 30.6. The van der Waals surface area contributed by atoms with Gasteiger partial charge in [0.1, 0.15) is 0 Å². The van der Waals surface area contributed by atoms with Crippen molar-refractivity contribution in [3.05, 3.63) is 60.7 Å². The Kier molecular flexibility index (Phi) is 9.69. The standard InChI is InChI=1S/C27H37N3O2SSi.F6P/c1-21(31)33-20-23-16-18-30-17-15-22(28-26(30)29-23)19-32-34(27(2,3)4,24-11-7-5-8-12-24)25-13-9-6-10-14-25;1-7(2,3,4,5)6/h5-14,22-23H,15-20H2,1-4H3,(H,28,29);/q;-1/p+1/t22-,23-;/m1./s1. The molecule has 2 aromatic rings. The molecule has 0 saturated carbocycles. The van der Waals surface area contributed by atoms with Crippen LogP contribution in [0, 0.1) is 0 Å². The van der Waals surface area contributed by atoms with Gasteiger partial charge in [0, 0.05) is 25.5 Å². The second kappa shape index (κ2) is 11.9. The molecule has 0 bridgehead atoms. The van der Waals surface area contributed by atoms with Crippen molar-refractivity contribution in [1.29, 1.82) is 0 Å². The number of nitrogens with zero attached hydrogens (tertiary/aromatic N) is 1. The van der Waals surface area contributed by atoms with Gasteiger partial charge >= 0.3 is 38.9 Å². The van der Waals surface area contributed by atoms with Crippen LogP contribution in [0.4, 0.5) is 25.2 Å². The molecular formula is C27H38F6N3O2PSSi. The van der Waals surface area contributed by atoms with Crippen LogP contribution in [-0.4, -0.2) is 61.5 Å². The Hall–Kier alpha value is -2.08. The van der Waals surface area contributed by atoms with Crippen molar-refractivity contribution in [3.8, 4) is 0 Å². The summed E-state index contributed by atoms with van der Waals surface area (Å²) in [7, 11) is -13.2. The van der Waals surface area contributed by atoms with Gasteiger partial charge in [0.05, 0.1) is 31.8 Å². The number of nitrogens with one attached hydrogen (secondary N) is 2. The summed E-state index contributed by atoms with van der Waals surface area (Å²) in [6, 6.07) is 22.2. The average molecular weight is 642 g/mol. The van der Waals surface area contributed by atoms with Crippen molar-refractivity contribution in [2.45, 2.75) is 57.7 Å². The van der Waals surface area contributed by atoms with Crippen molar-refractivity contribution >= 4 is 49.3 Å². The van der Waals surface area contributed by atoms with Crippen LogP contribution in [0.5, 0.6) is 0 Å². The van der Waals surface area contributed by atoms with Gasteiger partial charge in [-0.25, -0.2) is 0 Å². The van der Waals surface area contributed by atoms with Crippen LogP contribution in [0.25, 0.3) is 0 Å². The van der Waals surface area contributed by atoms with Gasteiger partial charge in [-0.3, -0.25) is 20.0 Å². The van der Waals surface area contributed by atoms with Gasteiger partial charge in [-0.1, -0.05) is 93.2 Å². The first kappa shape index (κ1) is 33.4. The molecule has 2 atom stereocenters. The van der Waals surface area contributed by atoms with Crippen LogP contribution in [0.2, 0.25) is 5.04 Å². The van der Waals surface area contributed by atoms with Gasteiger partial charge in [0.2, 0.25) is 0 Å². The van der Waals surface area contributed by atoms with Crippen molar-refractivity contribution in [1.82, 2.24) is 10.6 Å². The third-order valence-electron chi connectivity index (χ3n) is 6.90. The summed E-state index contributed by atoms with van der Waals surface area (Å²) in [6.07, 6.45) is 2.12. The molecule has 0 aliphatic carbocycles. The molecule has 0 amide bonds. The van der Waals surface area contributed by atoms with E-state index in [-0.39, 0.29) is 16.2 Å². The quantitative estimate of drug-likeness (QED) is 0.161. The molecule has 0 unspecified atom stereocenters. The number of carbonyl (C=O) groups excluding carboxylic acids is 1. The van der Waals surface area contributed by atoms with Crippen molar-refractivity contribution in [3.63, 3.8) is 0 Å². The van der Waals surface area contributed by atoms with Gasteiger partial charge in [0.25, 0.3) is 8.32 Å². The minimum atomic E-state index is -10.7. The maximum absolute atomic E-state index is 11.4. The zero-order valence-electron chi connectivity index (χ0n) is 23.6. The number of guanidine groups is 1. The second-order valence-electron chi connectivity index (χ2n) is 11.3. The van der Waals surface area contributed by atoms with Gasteiger partial charge in [-0.2, -0.15) is 0 Å². The number of thioether (sulfide) groups is 1. The van der Waals surface area contributed by atoms with Gasteiger partial charge in [0.15, 0.2) is 5.12 Å². The predicted molar refractivity (Wildman–Crippen MR) is 158 cm³/mol. The van der Waals surface area contributed by atoms with Crippen LogP contribution < -0.4 is 21.0 Å². The second-order valence-corrected chi connectivity index (χ2v) is 18.7. The number of hydrogen-bond donors (Lipinski definition) is 2. The summed E-state index contributed by atoms with van der Waals surface area (Å²) in [6.45, 7) is 11.3. The third kappa shape index (κ3) is 10.6. The first-order valence-electron chi connectivity index (χ1n) is 13.3. The molecule has 4 rings (SSSR count). The van der Waals surface area contributed by atoms with Crippen LogP contribution in [-0.2, 0) is 9.22 Å². The molecule has 5 nitrogen and oxygen atoms in total. The monoisotopic (exact) mass is 641 g/mol. The Bertz CT molecular complexity index is 1180. The molecule has 0 spiro atoms. The normalized spacial score (nSPS) is 21.2. The average Bonchev–Trinajstić information content (AvgIpc) is 2.86. The molecule has 0 aromatic heterocycles. The van der Waals surface area contributed by atoms with E-state index in [0.717, 1.165) is 37.6 Å². The molecule has 14 heteroatoms. The van der Waals surface area contributed by atoms with Gasteiger partial charge < -0.3 is 4.43 Å². The van der Waals surface area contributed by atoms with E-state index < -0.39 is 16.1 Å². The summed E-state index contributed by atoms with van der Waals surface area (Å²) < 4.78 is 68.8. The predicted octanol–water partition coefficient (Wildman–Crippen LogP) is 6.32. The summed E-state index contributed by atoms with van der Waals surface area (Å²) in [5.41, 5.74) is 0. The van der Waals surface area contributed by atoms with Crippen LogP contribution >= 0.6 is 19.6 Å². The molecule has 2 N–H and O–H groups in total. The van der Waals surface area contributed by atoms with Gasteiger partial charge in [-0.05, 0) is 15.4 Å². The number of hydrogen-bond acceptors (Lipinski definition) is 5. The SMILES string of the molecule is CC(=O)SC[C@H]1CC[N+]2=C(N[C@@H](CO[Si](c3ccccc3)(c3ccccc3)C(C)(C)C)CC2)N1.F[P-](F)(F)(F)(F)F. The molecule has 2 aliphatic rings. The Morgan fingerprint density at radius 2 is 1.34 bits per heavy atom. The van der Waals surface area contributed by atoms with Crippen molar-refractivity contribution in [2.24, 2.45) is 0 Å². The maximum atomic E-state index is 11.4. The molecule has 41 heavy (non-hydrogen) atoms. The number of rotatable bonds is 7. The van der Waals surface area contributed by atoms with E-state index in [4.69, 9.17) is 4.43 Å².